The van der Waals surface area contributed by atoms with Gasteiger partial charge in [0.1, 0.15) is 24.4 Å². The molecule has 16 N–H and O–H groups in total. The summed E-state index contributed by atoms with van der Waals surface area (Å²) in [7, 11) is 0. The van der Waals surface area contributed by atoms with Crippen LogP contribution in [0.5, 0.6) is 0 Å². The van der Waals surface area contributed by atoms with Gasteiger partial charge in [0.2, 0.25) is 5.91 Å². The van der Waals surface area contributed by atoms with Crippen LogP contribution in [0.4, 0.5) is 4.39 Å². The molecule has 2 heterocycles. The molecule has 2 aliphatic heterocycles. The van der Waals surface area contributed by atoms with E-state index < -0.39 is 92.0 Å². The van der Waals surface area contributed by atoms with Gasteiger partial charge >= 0.3 is 0 Å². The number of aliphatic hydroxyl groups excluding tert-OH is 3. The second-order valence-corrected chi connectivity index (χ2v) is 10.2. The van der Waals surface area contributed by atoms with Gasteiger partial charge in [-0.1, -0.05) is 0 Å². The second kappa shape index (κ2) is 14.0. The molecule has 0 radical (unpaired) electrons. The highest BCUT2D eigenvalue weighted by molar-refractivity contribution is 5.80. The molecular weight excluding hydrogens is 509 g/mol. The van der Waals surface area contributed by atoms with Gasteiger partial charge in [-0.2, -0.15) is 0 Å². The number of hydrogen-bond donors (Lipinski definition) is 10. The first-order valence-electron chi connectivity index (χ1n) is 13.0. The molecule has 1 aliphatic carbocycles. The van der Waals surface area contributed by atoms with Crippen LogP contribution in [-0.4, -0.2) is 127 Å². The fraction of sp³-hybridized carbons (Fsp3) is 0.955. The number of ether oxygens (including phenoxy) is 4. The maximum absolute atomic E-state index is 16.2. The van der Waals surface area contributed by atoms with Gasteiger partial charge in [0, 0.05) is 12.6 Å². The van der Waals surface area contributed by atoms with Crippen LogP contribution in [-0.2, 0) is 23.7 Å². The zero-order chi connectivity index (χ0) is 28.1. The van der Waals surface area contributed by atoms with Crippen molar-refractivity contribution in [3.8, 4) is 0 Å². The Labute approximate surface area is 220 Å². The van der Waals surface area contributed by atoms with Crippen LogP contribution in [0, 0.1) is 0 Å². The van der Waals surface area contributed by atoms with Crippen molar-refractivity contribution in [1.82, 2.24) is 5.32 Å². The normalized spacial score (nSPS) is 44.9. The van der Waals surface area contributed by atoms with Gasteiger partial charge in [0.05, 0.1) is 43.0 Å². The topological polar surface area (TPSA) is 283 Å². The third-order valence-electron chi connectivity index (χ3n) is 7.41. The minimum absolute atomic E-state index is 0.0122. The van der Waals surface area contributed by atoms with Crippen molar-refractivity contribution in [1.29, 1.82) is 0 Å². The number of carbonyl (C=O) groups is 1. The molecule has 222 valence electrons. The summed E-state index contributed by atoms with van der Waals surface area (Å²) in [6, 6.07) is -4.66. The van der Waals surface area contributed by atoms with E-state index in [2.05, 4.69) is 5.32 Å². The maximum atomic E-state index is 16.2. The number of nitrogens with two attached hydrogens (primary N) is 6. The standard InChI is InChI=1S/C22H44FN7O8/c23-14-18(37-21-9(26)2-1-8(6-25)35-21)10(27)5-11(30-20(34)12(32)3-4-24)19(14)38-22-16(29)15(28)17(33)13(7-31)36-22/h8-19,21-22,31-33H,1-7,24-29H2,(H,30,34)/t8-,9+,10-,11+,12-,13+,14+,15+,16+,17+,18+,19-,21+,22+/m0/s1. The second-order valence-electron chi connectivity index (χ2n) is 10.2. The first-order chi connectivity index (χ1) is 18.0. The Bertz CT molecular complexity index is 760. The van der Waals surface area contributed by atoms with Crippen LogP contribution in [0.15, 0.2) is 0 Å². The lowest BCUT2D eigenvalue weighted by Gasteiger charge is -2.48. The average Bonchev–Trinajstić information content (AvgIpc) is 2.89. The number of alkyl halides is 1. The fourth-order valence-electron chi connectivity index (χ4n) is 5.02. The molecule has 0 aromatic rings. The third-order valence-corrected chi connectivity index (χ3v) is 7.41. The largest absolute Gasteiger partial charge is 0.394 e. The first kappa shape index (κ1) is 31.4. The fourth-order valence-corrected chi connectivity index (χ4v) is 5.02. The van der Waals surface area contributed by atoms with E-state index in [0.29, 0.717) is 12.8 Å². The Balaban J connectivity index is 1.82. The van der Waals surface area contributed by atoms with Crippen molar-refractivity contribution in [2.24, 2.45) is 34.4 Å². The van der Waals surface area contributed by atoms with E-state index in [1.165, 1.54) is 0 Å². The van der Waals surface area contributed by atoms with Gasteiger partial charge in [0.15, 0.2) is 18.8 Å². The lowest BCUT2D eigenvalue weighted by atomic mass is 9.84. The third kappa shape index (κ3) is 7.14. The van der Waals surface area contributed by atoms with E-state index in [4.69, 9.17) is 53.3 Å². The van der Waals surface area contributed by atoms with Crippen LogP contribution in [0.25, 0.3) is 0 Å². The molecule has 15 nitrogen and oxygen atoms in total. The molecule has 1 amide bonds. The van der Waals surface area contributed by atoms with E-state index in [0.717, 1.165) is 0 Å². The molecular formula is C22H44FN7O8. The highest BCUT2D eigenvalue weighted by Crippen LogP contribution is 2.32. The summed E-state index contributed by atoms with van der Waals surface area (Å²) in [5.41, 5.74) is 35.7. The van der Waals surface area contributed by atoms with Gasteiger partial charge in [-0.25, -0.2) is 4.39 Å². The number of rotatable bonds is 10. The Morgan fingerprint density at radius 1 is 1.03 bits per heavy atom. The minimum atomic E-state index is -1.95. The molecule has 14 atom stereocenters. The number of hydrogen-bond acceptors (Lipinski definition) is 14. The molecule has 0 aromatic heterocycles. The summed E-state index contributed by atoms with van der Waals surface area (Å²) in [6.07, 6.45) is -9.96. The summed E-state index contributed by atoms with van der Waals surface area (Å²) >= 11 is 0. The van der Waals surface area contributed by atoms with Crippen molar-refractivity contribution in [3.63, 3.8) is 0 Å². The molecule has 0 bridgehead atoms. The minimum Gasteiger partial charge on any atom is -0.394 e. The lowest BCUT2D eigenvalue weighted by molar-refractivity contribution is -0.287. The van der Waals surface area contributed by atoms with E-state index in [-0.39, 0.29) is 32.0 Å². The average molecular weight is 554 g/mol. The predicted molar refractivity (Wildman–Crippen MR) is 131 cm³/mol. The van der Waals surface area contributed by atoms with Crippen molar-refractivity contribution in [2.75, 3.05) is 19.7 Å². The molecule has 16 heteroatoms. The zero-order valence-electron chi connectivity index (χ0n) is 21.3. The maximum Gasteiger partial charge on any atom is 0.249 e. The molecule has 0 spiro atoms. The van der Waals surface area contributed by atoms with Crippen molar-refractivity contribution in [3.05, 3.63) is 0 Å². The zero-order valence-corrected chi connectivity index (χ0v) is 21.3. The molecule has 38 heavy (non-hydrogen) atoms. The number of nitrogens with one attached hydrogen (secondary N) is 1. The van der Waals surface area contributed by atoms with E-state index in [1.807, 2.05) is 0 Å². The predicted octanol–water partition coefficient (Wildman–Crippen LogP) is -5.46. The summed E-state index contributed by atoms with van der Waals surface area (Å²) in [6.45, 7) is -0.298. The Morgan fingerprint density at radius 2 is 1.71 bits per heavy atom. The first-order valence-corrected chi connectivity index (χ1v) is 13.0. The summed E-state index contributed by atoms with van der Waals surface area (Å²) in [4.78, 5) is 12.6. The quantitative estimate of drug-likeness (QED) is 0.121. The van der Waals surface area contributed by atoms with Crippen LogP contribution in [0.1, 0.15) is 25.7 Å². The van der Waals surface area contributed by atoms with Crippen LogP contribution in [0.3, 0.4) is 0 Å². The highest BCUT2D eigenvalue weighted by Gasteiger charge is 2.51. The highest BCUT2D eigenvalue weighted by atomic mass is 19.1. The van der Waals surface area contributed by atoms with Crippen molar-refractivity contribution in [2.45, 2.75) is 111 Å². The van der Waals surface area contributed by atoms with Gasteiger partial charge < -0.3 is 74.0 Å². The number of carbonyl (C=O) groups excluding carboxylic acids is 1. The van der Waals surface area contributed by atoms with E-state index >= 15 is 4.39 Å². The molecule has 0 aromatic carbocycles. The molecule has 3 fully saturated rings. The summed E-state index contributed by atoms with van der Waals surface area (Å²) < 4.78 is 39.4. The molecule has 3 rings (SSSR count). The molecule has 1 saturated carbocycles. The van der Waals surface area contributed by atoms with Crippen molar-refractivity contribution >= 4 is 5.91 Å². The number of halogens is 1. The van der Waals surface area contributed by atoms with Crippen LogP contribution in [0.2, 0.25) is 0 Å². The molecule has 2 saturated heterocycles. The Morgan fingerprint density at radius 3 is 2.34 bits per heavy atom. The van der Waals surface area contributed by atoms with E-state index in [1.54, 1.807) is 0 Å². The Kier molecular flexibility index (Phi) is 11.6. The van der Waals surface area contributed by atoms with Crippen LogP contribution >= 0.6 is 0 Å². The lowest BCUT2D eigenvalue weighted by Crippen LogP contribution is -2.69. The van der Waals surface area contributed by atoms with E-state index in [9.17, 15) is 20.1 Å². The Hall–Kier alpha value is -1.12. The van der Waals surface area contributed by atoms with Crippen LogP contribution < -0.4 is 39.7 Å². The smallest absolute Gasteiger partial charge is 0.249 e. The number of aliphatic hydroxyl groups is 3. The van der Waals surface area contributed by atoms with Gasteiger partial charge in [-0.15, -0.1) is 0 Å². The van der Waals surface area contributed by atoms with Gasteiger partial charge in [0.25, 0.3) is 0 Å². The summed E-state index contributed by atoms with van der Waals surface area (Å²) in [5, 5.41) is 32.4. The van der Waals surface area contributed by atoms with Gasteiger partial charge in [-0.05, 0) is 32.2 Å². The SMILES string of the molecule is NCC[C@H](O)C(=O)N[C@@H]1C[C@H](N)[C@@H](O[C@H]2O[C@H](CN)CC[C@H]2N)[C@@H](F)[C@H]1O[C@H]1O[C@H](CO)[C@@H](O)[C@H](N)[C@H]1N. The summed E-state index contributed by atoms with van der Waals surface area (Å²) in [5.74, 6) is -0.787. The monoisotopic (exact) mass is 553 g/mol. The van der Waals surface area contributed by atoms with Crippen molar-refractivity contribution < 1.29 is 43.5 Å². The molecule has 0 unspecified atom stereocenters. The molecule has 3 aliphatic rings. The van der Waals surface area contributed by atoms with Gasteiger partial charge in [-0.3, -0.25) is 4.79 Å². The number of amides is 1.